The molecule has 2 aromatic rings. The molecule has 1 heterocycles. The first-order valence-corrected chi connectivity index (χ1v) is 7.55. The Bertz CT molecular complexity index is 701. The quantitative estimate of drug-likeness (QED) is 0.758. The van der Waals surface area contributed by atoms with E-state index in [1.54, 1.807) is 0 Å². The van der Waals surface area contributed by atoms with Crippen molar-refractivity contribution >= 4 is 27.3 Å². The van der Waals surface area contributed by atoms with Crippen molar-refractivity contribution < 1.29 is 0 Å². The van der Waals surface area contributed by atoms with Crippen LogP contribution >= 0.6 is 15.9 Å². The Hall–Kier alpha value is -1.79. The standard InChI is InChI=1S/C17H15BrN2/c1-12-4-7-17-13(9-12)3-2-8-20(17)15-6-5-14(11-19)16(18)10-15/h4-7,9-10H,2-3,8H2,1H3. The van der Waals surface area contributed by atoms with Gasteiger partial charge in [0.1, 0.15) is 6.07 Å². The number of hydrogen-bond acceptors (Lipinski definition) is 2. The molecule has 0 aromatic heterocycles. The third kappa shape index (κ3) is 2.32. The second-order valence-electron chi connectivity index (χ2n) is 5.16. The summed E-state index contributed by atoms with van der Waals surface area (Å²) in [5, 5.41) is 9.01. The van der Waals surface area contributed by atoms with Crippen LogP contribution in [0.5, 0.6) is 0 Å². The molecule has 0 bridgehead atoms. The molecule has 0 saturated carbocycles. The van der Waals surface area contributed by atoms with Gasteiger partial charge in [-0.1, -0.05) is 17.7 Å². The maximum atomic E-state index is 9.01. The van der Waals surface area contributed by atoms with Crippen molar-refractivity contribution in [1.82, 2.24) is 0 Å². The van der Waals surface area contributed by atoms with Crippen LogP contribution in [0.2, 0.25) is 0 Å². The summed E-state index contributed by atoms with van der Waals surface area (Å²) >= 11 is 3.48. The minimum Gasteiger partial charge on any atom is -0.341 e. The predicted octanol–water partition coefficient (Wildman–Crippen LogP) is 4.71. The van der Waals surface area contributed by atoms with E-state index in [-0.39, 0.29) is 0 Å². The van der Waals surface area contributed by atoms with Gasteiger partial charge < -0.3 is 4.90 Å². The molecule has 1 aliphatic rings. The van der Waals surface area contributed by atoms with Gasteiger partial charge >= 0.3 is 0 Å². The van der Waals surface area contributed by atoms with Gasteiger partial charge in [0.15, 0.2) is 0 Å². The molecule has 0 radical (unpaired) electrons. The smallest absolute Gasteiger partial charge is 0.100 e. The minimum absolute atomic E-state index is 0.676. The van der Waals surface area contributed by atoms with E-state index in [0.29, 0.717) is 5.56 Å². The summed E-state index contributed by atoms with van der Waals surface area (Å²) in [5.41, 5.74) is 5.83. The van der Waals surface area contributed by atoms with Gasteiger partial charge in [0.25, 0.3) is 0 Å². The van der Waals surface area contributed by atoms with Crippen molar-refractivity contribution in [2.45, 2.75) is 19.8 Å². The topological polar surface area (TPSA) is 27.0 Å². The normalized spacial score (nSPS) is 13.8. The average molecular weight is 327 g/mol. The molecule has 3 rings (SSSR count). The van der Waals surface area contributed by atoms with Crippen LogP contribution in [0.25, 0.3) is 0 Å². The first-order chi connectivity index (χ1) is 9.69. The summed E-state index contributed by atoms with van der Waals surface area (Å²) < 4.78 is 0.858. The number of nitrogens with zero attached hydrogens (tertiary/aromatic N) is 2. The van der Waals surface area contributed by atoms with Gasteiger partial charge in [0.2, 0.25) is 0 Å². The molecule has 0 atom stereocenters. The maximum Gasteiger partial charge on any atom is 0.100 e. The monoisotopic (exact) mass is 326 g/mol. The molecule has 2 aromatic carbocycles. The average Bonchev–Trinajstić information content (AvgIpc) is 2.46. The molecule has 0 spiro atoms. The van der Waals surface area contributed by atoms with E-state index in [1.165, 1.54) is 16.8 Å². The van der Waals surface area contributed by atoms with E-state index < -0.39 is 0 Å². The zero-order chi connectivity index (χ0) is 14.1. The van der Waals surface area contributed by atoms with Gasteiger partial charge in [0.05, 0.1) is 5.56 Å². The fourth-order valence-corrected chi connectivity index (χ4v) is 3.21. The van der Waals surface area contributed by atoms with Gasteiger partial charge in [-0.25, -0.2) is 0 Å². The second-order valence-corrected chi connectivity index (χ2v) is 6.02. The number of halogens is 1. The van der Waals surface area contributed by atoms with Crippen LogP contribution in [-0.4, -0.2) is 6.54 Å². The van der Waals surface area contributed by atoms with Crippen molar-refractivity contribution in [3.05, 3.63) is 57.6 Å². The molecular formula is C17H15BrN2. The van der Waals surface area contributed by atoms with Crippen molar-refractivity contribution in [1.29, 1.82) is 5.26 Å². The molecule has 2 nitrogen and oxygen atoms in total. The van der Waals surface area contributed by atoms with Gasteiger partial charge in [-0.3, -0.25) is 0 Å². The molecule has 0 fully saturated rings. The molecule has 0 saturated heterocycles. The van der Waals surface area contributed by atoms with Gasteiger partial charge in [0, 0.05) is 22.4 Å². The van der Waals surface area contributed by atoms with Crippen molar-refractivity contribution in [3.8, 4) is 6.07 Å². The fourth-order valence-electron chi connectivity index (χ4n) is 2.76. The van der Waals surface area contributed by atoms with Gasteiger partial charge in [-0.15, -0.1) is 0 Å². The van der Waals surface area contributed by atoms with E-state index in [1.807, 2.05) is 18.2 Å². The van der Waals surface area contributed by atoms with E-state index in [0.717, 1.165) is 29.5 Å². The van der Waals surface area contributed by atoms with E-state index in [2.05, 4.69) is 52.0 Å². The molecule has 1 aliphatic heterocycles. The molecule has 3 heteroatoms. The van der Waals surface area contributed by atoms with E-state index in [9.17, 15) is 0 Å². The fraction of sp³-hybridized carbons (Fsp3) is 0.235. The zero-order valence-electron chi connectivity index (χ0n) is 11.4. The lowest BCUT2D eigenvalue weighted by atomic mass is 9.99. The Morgan fingerprint density at radius 1 is 1.20 bits per heavy atom. The van der Waals surface area contributed by atoms with Crippen LogP contribution < -0.4 is 4.90 Å². The molecule has 0 aliphatic carbocycles. The lowest BCUT2D eigenvalue weighted by Gasteiger charge is -2.31. The molecule has 20 heavy (non-hydrogen) atoms. The number of fused-ring (bicyclic) bond motifs is 1. The highest BCUT2D eigenvalue weighted by Crippen LogP contribution is 2.35. The summed E-state index contributed by atoms with van der Waals surface area (Å²) in [7, 11) is 0. The third-order valence-electron chi connectivity index (χ3n) is 3.74. The Kier molecular flexibility index (Phi) is 3.50. The summed E-state index contributed by atoms with van der Waals surface area (Å²) in [4.78, 5) is 2.34. The number of rotatable bonds is 1. The van der Waals surface area contributed by atoms with Crippen LogP contribution in [0, 0.1) is 18.3 Å². The van der Waals surface area contributed by atoms with Crippen LogP contribution in [0.3, 0.4) is 0 Å². The predicted molar refractivity (Wildman–Crippen MR) is 85.4 cm³/mol. The first kappa shape index (κ1) is 13.2. The highest BCUT2D eigenvalue weighted by atomic mass is 79.9. The van der Waals surface area contributed by atoms with Crippen molar-refractivity contribution in [2.24, 2.45) is 0 Å². The summed E-state index contributed by atoms with van der Waals surface area (Å²) in [5.74, 6) is 0. The number of anilines is 2. The molecule has 0 unspecified atom stereocenters. The summed E-state index contributed by atoms with van der Waals surface area (Å²) in [6.07, 6.45) is 2.30. The highest BCUT2D eigenvalue weighted by Gasteiger charge is 2.18. The number of nitriles is 1. The Balaban J connectivity index is 2.05. The molecule has 0 N–H and O–H groups in total. The molecular weight excluding hydrogens is 312 g/mol. The van der Waals surface area contributed by atoms with Gasteiger partial charge in [-0.05, 0) is 65.5 Å². The molecule has 0 amide bonds. The molecule has 100 valence electrons. The number of benzene rings is 2. The van der Waals surface area contributed by atoms with Crippen molar-refractivity contribution in [2.75, 3.05) is 11.4 Å². The van der Waals surface area contributed by atoms with E-state index >= 15 is 0 Å². The minimum atomic E-state index is 0.676. The van der Waals surface area contributed by atoms with E-state index in [4.69, 9.17) is 5.26 Å². The highest BCUT2D eigenvalue weighted by molar-refractivity contribution is 9.10. The first-order valence-electron chi connectivity index (χ1n) is 6.76. The lowest BCUT2D eigenvalue weighted by molar-refractivity contribution is 0.766. The second kappa shape index (κ2) is 5.30. The van der Waals surface area contributed by atoms with Gasteiger partial charge in [-0.2, -0.15) is 5.26 Å². The Labute approximate surface area is 127 Å². The van der Waals surface area contributed by atoms with Crippen LogP contribution in [0.1, 0.15) is 23.1 Å². The lowest BCUT2D eigenvalue weighted by Crippen LogP contribution is -2.24. The van der Waals surface area contributed by atoms with Crippen LogP contribution in [0.4, 0.5) is 11.4 Å². The van der Waals surface area contributed by atoms with Crippen molar-refractivity contribution in [3.63, 3.8) is 0 Å². The van der Waals surface area contributed by atoms with Crippen LogP contribution in [-0.2, 0) is 6.42 Å². The third-order valence-corrected chi connectivity index (χ3v) is 4.39. The Morgan fingerprint density at radius 2 is 2.05 bits per heavy atom. The maximum absolute atomic E-state index is 9.01. The summed E-state index contributed by atoms with van der Waals surface area (Å²) in [6.45, 7) is 3.16. The number of aryl methyl sites for hydroxylation is 2. The SMILES string of the molecule is Cc1ccc2c(c1)CCCN2c1ccc(C#N)c(Br)c1. The van der Waals surface area contributed by atoms with Crippen LogP contribution in [0.15, 0.2) is 40.9 Å². The zero-order valence-corrected chi connectivity index (χ0v) is 12.9. The Morgan fingerprint density at radius 3 is 2.80 bits per heavy atom. The largest absolute Gasteiger partial charge is 0.341 e. The number of hydrogen-bond donors (Lipinski definition) is 0. The summed E-state index contributed by atoms with van der Waals surface area (Å²) in [6, 6.07) is 14.8.